The Bertz CT molecular complexity index is 823. The quantitative estimate of drug-likeness (QED) is 0.729. The molecule has 2 heterocycles. The molecule has 0 saturated carbocycles. The molecule has 0 radical (unpaired) electrons. The van der Waals surface area contributed by atoms with Crippen LogP contribution in [0.3, 0.4) is 0 Å². The summed E-state index contributed by atoms with van der Waals surface area (Å²) < 4.78 is 29.2. The van der Waals surface area contributed by atoms with Gasteiger partial charge in [0.1, 0.15) is 24.8 Å². The van der Waals surface area contributed by atoms with Gasteiger partial charge in [0.05, 0.1) is 13.0 Å². The maximum Gasteiger partial charge on any atom is 0.223 e. The van der Waals surface area contributed by atoms with Crippen molar-refractivity contribution in [3.05, 3.63) is 53.8 Å². The zero-order valence-corrected chi connectivity index (χ0v) is 18.1. The molecule has 6 nitrogen and oxygen atoms in total. The van der Waals surface area contributed by atoms with Crippen molar-refractivity contribution in [3.63, 3.8) is 0 Å². The number of carbonyl (C=O) groups is 1. The number of benzene rings is 2. The topological polar surface area (TPSA) is 60.0 Å². The maximum absolute atomic E-state index is 12.8. The van der Waals surface area contributed by atoms with Crippen LogP contribution in [0.1, 0.15) is 24.8 Å². The number of fused-ring (bicyclic) bond motifs is 1. The summed E-state index contributed by atoms with van der Waals surface area (Å²) in [6.45, 7) is 4.56. The number of carbonyl (C=O) groups excluding carboxylic acids is 1. The Labute approximate surface area is 183 Å². The van der Waals surface area contributed by atoms with Gasteiger partial charge in [0, 0.05) is 6.54 Å². The fourth-order valence-electron chi connectivity index (χ4n) is 3.35. The van der Waals surface area contributed by atoms with Gasteiger partial charge in [-0.05, 0) is 81.4 Å². The molecule has 7 heteroatoms. The maximum atomic E-state index is 12.8. The third-order valence-electron chi connectivity index (χ3n) is 5.08. The number of hydrogen-bond acceptors (Lipinski definition) is 5. The van der Waals surface area contributed by atoms with E-state index in [0.717, 1.165) is 17.1 Å². The minimum Gasteiger partial charge on any atom is -0.493 e. The highest BCUT2D eigenvalue weighted by Gasteiger charge is 2.11. The minimum absolute atomic E-state index is 0.0837. The molecule has 0 bridgehead atoms. The summed E-state index contributed by atoms with van der Waals surface area (Å²) in [6, 6.07) is 11.5. The van der Waals surface area contributed by atoms with Gasteiger partial charge in [-0.3, -0.25) is 4.79 Å². The van der Waals surface area contributed by atoms with E-state index >= 15 is 0 Å². The Balaban J connectivity index is 0.000000391. The Morgan fingerprint density at radius 1 is 1.06 bits per heavy atom. The summed E-state index contributed by atoms with van der Waals surface area (Å²) in [5.41, 5.74) is 1.08. The molecule has 1 fully saturated rings. The third kappa shape index (κ3) is 8.09. The predicted octanol–water partition coefficient (Wildman–Crippen LogP) is 3.44. The van der Waals surface area contributed by atoms with Crippen molar-refractivity contribution >= 4 is 5.91 Å². The van der Waals surface area contributed by atoms with E-state index in [-0.39, 0.29) is 24.8 Å². The van der Waals surface area contributed by atoms with Crippen molar-refractivity contribution in [1.82, 2.24) is 10.2 Å². The van der Waals surface area contributed by atoms with Crippen molar-refractivity contribution in [1.29, 1.82) is 0 Å². The van der Waals surface area contributed by atoms with Crippen LogP contribution in [0.15, 0.2) is 42.5 Å². The fraction of sp³-hybridized carbons (Fsp3) is 0.458. The first-order chi connectivity index (χ1) is 15.1. The summed E-state index contributed by atoms with van der Waals surface area (Å²) in [7, 11) is 2.17. The molecule has 0 unspecified atom stereocenters. The van der Waals surface area contributed by atoms with Gasteiger partial charge in [-0.25, -0.2) is 4.39 Å². The highest BCUT2D eigenvalue weighted by Crippen LogP contribution is 2.30. The molecule has 31 heavy (non-hydrogen) atoms. The molecule has 168 valence electrons. The van der Waals surface area contributed by atoms with E-state index in [1.54, 1.807) is 0 Å². The lowest BCUT2D eigenvalue weighted by Gasteiger charge is -2.18. The molecule has 2 aromatic rings. The van der Waals surface area contributed by atoms with Crippen LogP contribution in [0.4, 0.5) is 4.39 Å². The molecule has 0 aromatic heterocycles. The van der Waals surface area contributed by atoms with E-state index in [1.165, 1.54) is 50.2 Å². The fourth-order valence-corrected chi connectivity index (χ4v) is 3.35. The lowest BCUT2D eigenvalue weighted by atomic mass is 10.1. The number of amides is 1. The highest BCUT2D eigenvalue weighted by atomic mass is 19.1. The van der Waals surface area contributed by atoms with E-state index < -0.39 is 0 Å². The second-order valence-corrected chi connectivity index (χ2v) is 7.64. The van der Waals surface area contributed by atoms with Gasteiger partial charge in [0.25, 0.3) is 0 Å². The van der Waals surface area contributed by atoms with Crippen LogP contribution in [0, 0.1) is 5.82 Å². The van der Waals surface area contributed by atoms with Gasteiger partial charge >= 0.3 is 0 Å². The van der Waals surface area contributed by atoms with Gasteiger partial charge < -0.3 is 24.4 Å². The first-order valence-corrected chi connectivity index (χ1v) is 10.8. The summed E-state index contributed by atoms with van der Waals surface area (Å²) >= 11 is 0. The molecule has 1 N–H and O–H groups in total. The van der Waals surface area contributed by atoms with Crippen LogP contribution in [0.2, 0.25) is 0 Å². The Morgan fingerprint density at radius 3 is 2.45 bits per heavy atom. The number of rotatable bonds is 7. The number of ether oxygens (including phenoxy) is 3. The first kappa shape index (κ1) is 22.9. The molecule has 0 spiro atoms. The van der Waals surface area contributed by atoms with Crippen molar-refractivity contribution in [2.24, 2.45) is 0 Å². The molecular formula is C24H31FN2O4. The molecular weight excluding hydrogens is 399 g/mol. The zero-order valence-electron chi connectivity index (χ0n) is 18.1. The average Bonchev–Trinajstić information content (AvgIpc) is 3.26. The average molecular weight is 431 g/mol. The van der Waals surface area contributed by atoms with Gasteiger partial charge in [0.2, 0.25) is 5.91 Å². The lowest BCUT2D eigenvalue weighted by molar-refractivity contribution is -0.121. The molecule has 1 saturated heterocycles. The van der Waals surface area contributed by atoms with Crippen LogP contribution in [-0.2, 0) is 11.2 Å². The molecule has 4 rings (SSSR count). The Morgan fingerprint density at radius 2 is 1.77 bits per heavy atom. The van der Waals surface area contributed by atoms with E-state index in [2.05, 4.69) is 17.3 Å². The van der Waals surface area contributed by atoms with Crippen molar-refractivity contribution < 1.29 is 23.4 Å². The standard InChI is InChI=1S/C19H20FNO4.C5H11N/c20-15-2-4-16(5-3-15)23-10-8-19(22)21-9-7-14-1-6-17-18(13-14)25-12-11-24-17;1-6-4-2-3-5-6/h1-6,13H,7-12H2,(H,21,22);2-5H2,1H3. The predicted molar refractivity (Wildman–Crippen MR) is 117 cm³/mol. The molecule has 0 atom stereocenters. The minimum atomic E-state index is -0.316. The van der Waals surface area contributed by atoms with Crippen molar-refractivity contribution in [2.45, 2.75) is 25.7 Å². The smallest absolute Gasteiger partial charge is 0.223 e. The molecule has 2 aliphatic rings. The summed E-state index contributed by atoms with van der Waals surface area (Å²) in [5.74, 6) is 1.66. The second kappa shape index (κ2) is 12.2. The number of nitrogens with one attached hydrogen (secondary N) is 1. The largest absolute Gasteiger partial charge is 0.493 e. The Hall–Kier alpha value is -2.80. The van der Waals surface area contributed by atoms with E-state index in [0.29, 0.717) is 31.9 Å². The van der Waals surface area contributed by atoms with Crippen LogP contribution >= 0.6 is 0 Å². The number of nitrogens with zero attached hydrogens (tertiary/aromatic N) is 1. The second-order valence-electron chi connectivity index (χ2n) is 7.64. The molecule has 2 aromatic carbocycles. The monoisotopic (exact) mass is 430 g/mol. The lowest BCUT2D eigenvalue weighted by Crippen LogP contribution is -2.27. The van der Waals surface area contributed by atoms with Gasteiger partial charge in [-0.15, -0.1) is 0 Å². The van der Waals surface area contributed by atoms with E-state index in [4.69, 9.17) is 14.2 Å². The number of hydrogen-bond donors (Lipinski definition) is 1. The molecule has 0 aliphatic carbocycles. The zero-order chi connectivity index (χ0) is 21.9. The van der Waals surface area contributed by atoms with Gasteiger partial charge in [0.15, 0.2) is 11.5 Å². The van der Waals surface area contributed by atoms with Crippen molar-refractivity contribution in [3.8, 4) is 17.2 Å². The van der Waals surface area contributed by atoms with E-state index in [9.17, 15) is 9.18 Å². The molecule has 1 amide bonds. The van der Waals surface area contributed by atoms with Gasteiger partial charge in [-0.1, -0.05) is 6.07 Å². The Kier molecular flexibility index (Phi) is 8.97. The summed E-state index contributed by atoms with van der Waals surface area (Å²) in [6.07, 6.45) is 3.78. The SMILES string of the molecule is CN1CCCC1.O=C(CCOc1ccc(F)cc1)NCCc1ccc2c(c1)OCCO2. The number of likely N-dealkylation sites (tertiary alicyclic amines) is 1. The summed E-state index contributed by atoms with van der Waals surface area (Å²) in [5, 5.41) is 2.86. The van der Waals surface area contributed by atoms with E-state index in [1.807, 2.05) is 18.2 Å². The van der Waals surface area contributed by atoms with Crippen molar-refractivity contribution in [2.75, 3.05) is 46.5 Å². The first-order valence-electron chi connectivity index (χ1n) is 10.8. The highest BCUT2D eigenvalue weighted by molar-refractivity contribution is 5.76. The van der Waals surface area contributed by atoms with Crippen LogP contribution in [-0.4, -0.2) is 57.3 Å². The van der Waals surface area contributed by atoms with Gasteiger partial charge in [-0.2, -0.15) is 0 Å². The third-order valence-corrected chi connectivity index (χ3v) is 5.08. The summed E-state index contributed by atoms with van der Waals surface area (Å²) in [4.78, 5) is 14.2. The van der Waals surface area contributed by atoms with Crippen LogP contribution < -0.4 is 19.5 Å². The normalized spacial score (nSPS) is 15.0. The van der Waals surface area contributed by atoms with Crippen LogP contribution in [0.5, 0.6) is 17.2 Å². The molecule has 2 aliphatic heterocycles. The number of halogens is 1. The van der Waals surface area contributed by atoms with Crippen LogP contribution in [0.25, 0.3) is 0 Å².